The van der Waals surface area contributed by atoms with Gasteiger partial charge in [0.05, 0.1) is 0 Å². The van der Waals surface area contributed by atoms with Gasteiger partial charge in [0.2, 0.25) is 0 Å². The molecule has 0 saturated heterocycles. The van der Waals surface area contributed by atoms with Gasteiger partial charge in [-0.1, -0.05) is 0 Å². The molecule has 0 fully saturated rings. The summed E-state index contributed by atoms with van der Waals surface area (Å²) in [6.07, 6.45) is 0. The van der Waals surface area contributed by atoms with E-state index in [0.717, 1.165) is 3.83 Å². The minimum absolute atomic E-state index is 0.0391. The van der Waals surface area contributed by atoms with E-state index in [1.165, 1.54) is 0 Å². The van der Waals surface area contributed by atoms with Crippen LogP contribution in [0.25, 0.3) is 0 Å². The van der Waals surface area contributed by atoms with Gasteiger partial charge in [-0.2, -0.15) is 0 Å². The van der Waals surface area contributed by atoms with Crippen LogP contribution in [0.4, 0.5) is 0 Å². The zero-order chi connectivity index (χ0) is 7.56. The number of hydrogen-bond donors (Lipinski definition) is 1. The minimum atomic E-state index is -0.0391. The Kier molecular flexibility index (Phi) is 2.84. The monoisotopic (exact) mass is 271 g/mol. The van der Waals surface area contributed by atoms with E-state index in [-0.39, 0.29) is 21.2 Å². The van der Waals surface area contributed by atoms with Crippen molar-refractivity contribution in [3.05, 3.63) is 8.67 Å². The number of aromatic nitrogens is 2. The van der Waals surface area contributed by atoms with Crippen LogP contribution in [0.1, 0.15) is 13.8 Å². The standard InChI is InChI=1S/C5H8IN2OS/c1-3(2)6-4-7-5(10)9-8-4/h3H,1-2H3,(H,7,8,10)/q-1. The fourth-order valence-electron chi connectivity index (χ4n) is 0.465. The Hall–Kier alpha value is 0.0900. The molecule has 1 rings (SSSR count). The molecule has 1 aromatic heterocycles. The number of rotatable bonds is 2. The molecule has 58 valence electrons. The molecule has 0 bridgehead atoms. The zero-order valence-electron chi connectivity index (χ0n) is 5.72. The van der Waals surface area contributed by atoms with Crippen LogP contribution < -0.4 is 21.2 Å². The van der Waals surface area contributed by atoms with Crippen LogP contribution in [0.15, 0.2) is 4.52 Å². The summed E-state index contributed by atoms with van der Waals surface area (Å²) < 4.78 is 6.40. The molecule has 1 heterocycles. The molecule has 0 atom stereocenters. The van der Waals surface area contributed by atoms with Crippen LogP contribution in [0.5, 0.6) is 0 Å². The Balaban J connectivity index is 2.67. The van der Waals surface area contributed by atoms with Gasteiger partial charge in [0.15, 0.2) is 0 Å². The molecule has 0 amide bonds. The molecule has 0 aliphatic carbocycles. The number of alkyl halides is 1. The van der Waals surface area contributed by atoms with Gasteiger partial charge in [-0.3, -0.25) is 0 Å². The van der Waals surface area contributed by atoms with Crippen molar-refractivity contribution in [2.45, 2.75) is 17.8 Å². The first kappa shape index (κ1) is 8.19. The first-order valence-corrected chi connectivity index (χ1v) is 5.60. The molecule has 5 heteroatoms. The van der Waals surface area contributed by atoms with Gasteiger partial charge in [0.25, 0.3) is 0 Å². The summed E-state index contributed by atoms with van der Waals surface area (Å²) in [4.78, 5) is 4.31. The van der Waals surface area contributed by atoms with Crippen LogP contribution in [0.3, 0.4) is 0 Å². The summed E-state index contributed by atoms with van der Waals surface area (Å²) >= 11 is 4.66. The Morgan fingerprint density at radius 1 is 1.70 bits per heavy atom. The second kappa shape index (κ2) is 3.47. The fraction of sp³-hybridized carbons (Fsp3) is 0.600. The van der Waals surface area contributed by atoms with E-state index >= 15 is 0 Å². The predicted molar refractivity (Wildman–Crippen MR) is 35.5 cm³/mol. The number of halogens is 1. The predicted octanol–water partition coefficient (Wildman–Crippen LogP) is -1.60. The Morgan fingerprint density at radius 3 is 2.80 bits per heavy atom. The zero-order valence-corrected chi connectivity index (χ0v) is 8.69. The van der Waals surface area contributed by atoms with E-state index < -0.39 is 0 Å². The maximum atomic E-state index is 4.77. The van der Waals surface area contributed by atoms with Crippen LogP contribution >= 0.6 is 12.2 Å². The molecule has 0 aromatic carbocycles. The van der Waals surface area contributed by atoms with E-state index in [4.69, 9.17) is 16.7 Å². The number of H-pyrrole nitrogens is 1. The maximum absolute atomic E-state index is 4.77. The summed E-state index contributed by atoms with van der Waals surface area (Å²) in [5, 5.41) is 2.70. The third kappa shape index (κ3) is 2.37. The van der Waals surface area contributed by atoms with Gasteiger partial charge in [0.1, 0.15) is 0 Å². The molecule has 0 spiro atoms. The third-order valence-corrected chi connectivity index (χ3v) is 3.21. The molecule has 0 unspecified atom stereocenters. The summed E-state index contributed by atoms with van der Waals surface area (Å²) in [7, 11) is 0. The average molecular weight is 271 g/mol. The Labute approximate surface area is 74.5 Å². The van der Waals surface area contributed by atoms with E-state index in [2.05, 4.69) is 24.0 Å². The first-order chi connectivity index (χ1) is 4.68. The topological polar surface area (TPSA) is 41.8 Å². The Bertz CT molecular complexity index is 254. The van der Waals surface area contributed by atoms with Gasteiger partial charge >= 0.3 is 74.5 Å². The van der Waals surface area contributed by atoms with Crippen LogP contribution in [-0.2, 0) is 0 Å². The molecule has 3 nitrogen and oxygen atoms in total. The SMILES string of the molecule is CC(C)[I-]c1nc(=S)o[nH]1. The van der Waals surface area contributed by atoms with Crippen molar-refractivity contribution in [1.29, 1.82) is 0 Å². The number of aromatic amines is 1. The van der Waals surface area contributed by atoms with E-state index in [0.29, 0.717) is 8.76 Å². The molecule has 1 N–H and O–H groups in total. The van der Waals surface area contributed by atoms with Crippen LogP contribution in [0.2, 0.25) is 0 Å². The van der Waals surface area contributed by atoms with Gasteiger partial charge in [-0.25, -0.2) is 0 Å². The van der Waals surface area contributed by atoms with Crippen molar-refractivity contribution < 1.29 is 25.7 Å². The third-order valence-electron chi connectivity index (χ3n) is 0.734. The summed E-state index contributed by atoms with van der Waals surface area (Å²) in [5.41, 5.74) is 0. The summed E-state index contributed by atoms with van der Waals surface area (Å²) in [5.74, 6) is 0. The second-order valence-electron chi connectivity index (χ2n) is 2.00. The molecule has 0 saturated carbocycles. The summed E-state index contributed by atoms with van der Waals surface area (Å²) in [6.45, 7) is 4.33. The van der Waals surface area contributed by atoms with Crippen LogP contribution in [-0.4, -0.2) is 14.1 Å². The first-order valence-electron chi connectivity index (χ1n) is 2.87. The second-order valence-corrected chi connectivity index (χ2v) is 6.48. The van der Waals surface area contributed by atoms with E-state index in [1.807, 2.05) is 0 Å². The quantitative estimate of drug-likeness (QED) is 0.400. The van der Waals surface area contributed by atoms with Gasteiger partial charge in [0, 0.05) is 0 Å². The molecular weight excluding hydrogens is 263 g/mol. The molecule has 10 heavy (non-hydrogen) atoms. The number of nitrogens with one attached hydrogen (secondary N) is 1. The van der Waals surface area contributed by atoms with Crippen molar-refractivity contribution in [3.8, 4) is 0 Å². The molecule has 0 aliphatic heterocycles. The Morgan fingerprint density at radius 2 is 2.40 bits per heavy atom. The van der Waals surface area contributed by atoms with Crippen molar-refractivity contribution >= 4 is 12.2 Å². The molecule has 1 aromatic rings. The average Bonchev–Trinajstić information content (AvgIpc) is 2.13. The molecular formula is C5H8IN2OS-. The normalized spacial score (nSPS) is 11.1. The van der Waals surface area contributed by atoms with Crippen LogP contribution in [0, 0.1) is 8.67 Å². The van der Waals surface area contributed by atoms with Crippen molar-refractivity contribution in [3.63, 3.8) is 0 Å². The van der Waals surface area contributed by atoms with Gasteiger partial charge in [-0.15, -0.1) is 0 Å². The van der Waals surface area contributed by atoms with Crippen molar-refractivity contribution in [1.82, 2.24) is 10.1 Å². The van der Waals surface area contributed by atoms with Gasteiger partial charge < -0.3 is 0 Å². The fourth-order valence-corrected chi connectivity index (χ4v) is 2.54. The van der Waals surface area contributed by atoms with Gasteiger partial charge in [-0.05, 0) is 0 Å². The molecule has 0 radical (unpaired) electrons. The number of hydrogen-bond acceptors (Lipinski definition) is 3. The van der Waals surface area contributed by atoms with Crippen molar-refractivity contribution in [2.75, 3.05) is 0 Å². The summed E-state index contributed by atoms with van der Waals surface area (Å²) in [6, 6.07) is 0. The number of nitrogens with zero attached hydrogens (tertiary/aromatic N) is 1. The molecule has 0 aliphatic rings. The van der Waals surface area contributed by atoms with E-state index in [1.54, 1.807) is 0 Å². The van der Waals surface area contributed by atoms with E-state index in [9.17, 15) is 0 Å². The van der Waals surface area contributed by atoms with Crippen molar-refractivity contribution in [2.24, 2.45) is 0 Å².